The molecule has 0 fully saturated rings. The monoisotopic (exact) mass is 292 g/mol. The molecule has 0 aliphatic carbocycles. The van der Waals surface area contributed by atoms with Crippen LogP contribution in [0.1, 0.15) is 29.0 Å². The average molecular weight is 292 g/mol. The maximum Gasteiger partial charge on any atom is 0.226 e. The van der Waals surface area contributed by atoms with Gasteiger partial charge in [-0.15, -0.1) is 0 Å². The van der Waals surface area contributed by atoms with Crippen LogP contribution in [0, 0.1) is 0 Å². The summed E-state index contributed by atoms with van der Waals surface area (Å²) in [7, 11) is 2.97. The lowest BCUT2D eigenvalue weighted by Crippen LogP contribution is -2.02. The van der Waals surface area contributed by atoms with E-state index in [1.165, 1.54) is 14.2 Å². The van der Waals surface area contributed by atoms with Gasteiger partial charge >= 0.3 is 0 Å². The van der Waals surface area contributed by atoms with E-state index in [4.69, 9.17) is 18.7 Å². The third-order valence-corrected chi connectivity index (χ3v) is 2.78. The Kier molecular flexibility index (Phi) is 4.76. The highest BCUT2D eigenvalue weighted by molar-refractivity contribution is 5.78. The van der Waals surface area contributed by atoms with Gasteiger partial charge in [0.1, 0.15) is 6.29 Å². The summed E-state index contributed by atoms with van der Waals surface area (Å²) in [5.74, 6) is 2.15. The van der Waals surface area contributed by atoms with Gasteiger partial charge in [0.05, 0.1) is 14.2 Å². The van der Waals surface area contributed by atoms with Gasteiger partial charge in [0.2, 0.25) is 17.5 Å². The molecule has 112 valence electrons. The summed E-state index contributed by atoms with van der Waals surface area (Å²) >= 11 is 0. The quantitative estimate of drug-likeness (QED) is 0.722. The Hall–Kier alpha value is -2.57. The molecular formula is C14H16N2O5. The van der Waals surface area contributed by atoms with Crippen LogP contribution in [0.15, 0.2) is 16.7 Å². The number of carbonyl (C=O) groups excluding carboxylic acids is 1. The summed E-state index contributed by atoms with van der Waals surface area (Å²) in [4.78, 5) is 15.0. The van der Waals surface area contributed by atoms with E-state index in [0.717, 1.165) is 0 Å². The third kappa shape index (κ3) is 3.31. The topological polar surface area (TPSA) is 83.7 Å². The molecule has 2 rings (SSSR count). The summed E-state index contributed by atoms with van der Waals surface area (Å²) < 4.78 is 21.1. The van der Waals surface area contributed by atoms with Crippen molar-refractivity contribution in [2.24, 2.45) is 0 Å². The van der Waals surface area contributed by atoms with Crippen molar-refractivity contribution in [3.8, 4) is 17.2 Å². The van der Waals surface area contributed by atoms with Crippen LogP contribution in [-0.4, -0.2) is 30.6 Å². The molecule has 1 aromatic carbocycles. The molecule has 0 saturated heterocycles. The zero-order valence-corrected chi connectivity index (χ0v) is 12.1. The first-order valence-electron chi connectivity index (χ1n) is 6.37. The SMILES string of the molecule is CCc1nc(COc2c(OC)cc(C=O)cc2OC)no1. The molecule has 0 atom stereocenters. The van der Waals surface area contributed by atoms with Crippen molar-refractivity contribution in [3.05, 3.63) is 29.4 Å². The smallest absolute Gasteiger partial charge is 0.226 e. The number of hydrogen-bond donors (Lipinski definition) is 0. The number of benzene rings is 1. The molecule has 0 amide bonds. The summed E-state index contributed by atoms with van der Waals surface area (Å²) in [5.41, 5.74) is 0.434. The maximum absolute atomic E-state index is 10.9. The number of ether oxygens (including phenoxy) is 3. The maximum atomic E-state index is 10.9. The lowest BCUT2D eigenvalue weighted by molar-refractivity contribution is 0.112. The predicted octanol–water partition coefficient (Wildman–Crippen LogP) is 2.04. The van der Waals surface area contributed by atoms with Crippen molar-refractivity contribution >= 4 is 6.29 Å². The Bertz CT molecular complexity index is 599. The number of nitrogens with zero attached hydrogens (tertiary/aromatic N) is 2. The van der Waals surface area contributed by atoms with E-state index in [-0.39, 0.29) is 6.61 Å². The minimum atomic E-state index is 0.108. The van der Waals surface area contributed by atoms with Gasteiger partial charge in [-0.3, -0.25) is 4.79 Å². The summed E-state index contributed by atoms with van der Waals surface area (Å²) in [6, 6.07) is 3.14. The van der Waals surface area contributed by atoms with Gasteiger partial charge in [-0.2, -0.15) is 4.98 Å². The van der Waals surface area contributed by atoms with Crippen LogP contribution < -0.4 is 14.2 Å². The van der Waals surface area contributed by atoms with Gasteiger partial charge in [-0.1, -0.05) is 12.1 Å². The third-order valence-electron chi connectivity index (χ3n) is 2.78. The number of rotatable bonds is 7. The molecule has 0 radical (unpaired) electrons. The van der Waals surface area contributed by atoms with Crippen LogP contribution in [0.25, 0.3) is 0 Å². The summed E-state index contributed by atoms with van der Waals surface area (Å²) in [5, 5.41) is 3.80. The van der Waals surface area contributed by atoms with E-state index in [0.29, 0.717) is 47.2 Å². The zero-order valence-electron chi connectivity index (χ0n) is 12.1. The fourth-order valence-corrected chi connectivity index (χ4v) is 1.74. The minimum Gasteiger partial charge on any atom is -0.493 e. The Morgan fingerprint density at radius 3 is 2.38 bits per heavy atom. The van der Waals surface area contributed by atoms with Crippen molar-refractivity contribution in [2.75, 3.05) is 14.2 Å². The summed E-state index contributed by atoms with van der Waals surface area (Å²) in [6.45, 7) is 2.03. The van der Waals surface area contributed by atoms with Crippen LogP contribution in [0.5, 0.6) is 17.2 Å². The largest absolute Gasteiger partial charge is 0.493 e. The molecule has 0 unspecified atom stereocenters. The minimum absolute atomic E-state index is 0.108. The fourth-order valence-electron chi connectivity index (χ4n) is 1.74. The highest BCUT2D eigenvalue weighted by Crippen LogP contribution is 2.38. The molecular weight excluding hydrogens is 276 g/mol. The Morgan fingerprint density at radius 2 is 1.90 bits per heavy atom. The highest BCUT2D eigenvalue weighted by atomic mass is 16.5. The van der Waals surface area contributed by atoms with E-state index < -0.39 is 0 Å². The lowest BCUT2D eigenvalue weighted by atomic mass is 10.2. The number of methoxy groups -OCH3 is 2. The van der Waals surface area contributed by atoms with Gasteiger partial charge in [0, 0.05) is 12.0 Å². The summed E-state index contributed by atoms with van der Waals surface area (Å²) in [6.07, 6.45) is 1.37. The molecule has 0 aliphatic rings. The fraction of sp³-hybridized carbons (Fsp3) is 0.357. The van der Waals surface area contributed by atoms with Crippen LogP contribution in [0.3, 0.4) is 0 Å². The molecule has 0 N–H and O–H groups in total. The van der Waals surface area contributed by atoms with Crippen molar-refractivity contribution in [1.82, 2.24) is 10.1 Å². The number of hydrogen-bond acceptors (Lipinski definition) is 7. The molecule has 1 aromatic heterocycles. The Morgan fingerprint density at radius 1 is 1.24 bits per heavy atom. The van der Waals surface area contributed by atoms with E-state index in [1.807, 2.05) is 6.92 Å². The van der Waals surface area contributed by atoms with Crippen molar-refractivity contribution < 1.29 is 23.5 Å². The van der Waals surface area contributed by atoms with Crippen LogP contribution in [-0.2, 0) is 13.0 Å². The van der Waals surface area contributed by atoms with Crippen molar-refractivity contribution in [1.29, 1.82) is 0 Å². The Labute approximate surface area is 121 Å². The molecule has 0 bridgehead atoms. The highest BCUT2D eigenvalue weighted by Gasteiger charge is 2.15. The zero-order chi connectivity index (χ0) is 15.2. The van der Waals surface area contributed by atoms with Gasteiger partial charge in [0.25, 0.3) is 0 Å². The first kappa shape index (κ1) is 14.8. The molecule has 7 nitrogen and oxygen atoms in total. The first-order valence-corrected chi connectivity index (χ1v) is 6.37. The molecule has 2 aromatic rings. The molecule has 0 spiro atoms. The van der Waals surface area contributed by atoms with Crippen LogP contribution in [0.4, 0.5) is 0 Å². The number of aldehydes is 1. The first-order chi connectivity index (χ1) is 10.2. The molecule has 21 heavy (non-hydrogen) atoms. The normalized spacial score (nSPS) is 10.2. The second-order valence-corrected chi connectivity index (χ2v) is 4.12. The van der Waals surface area contributed by atoms with Gasteiger partial charge in [-0.05, 0) is 12.1 Å². The number of aromatic nitrogens is 2. The predicted molar refractivity (Wildman–Crippen MR) is 72.9 cm³/mol. The Balaban J connectivity index is 2.23. The van der Waals surface area contributed by atoms with Crippen molar-refractivity contribution in [2.45, 2.75) is 20.0 Å². The van der Waals surface area contributed by atoms with E-state index in [1.54, 1.807) is 12.1 Å². The van der Waals surface area contributed by atoms with Gasteiger partial charge in [0.15, 0.2) is 18.1 Å². The van der Waals surface area contributed by atoms with Gasteiger partial charge in [-0.25, -0.2) is 0 Å². The molecule has 0 aliphatic heterocycles. The number of carbonyl (C=O) groups is 1. The standard InChI is InChI=1S/C14H16N2O5/c1-4-13-15-12(16-21-13)8-20-14-10(18-2)5-9(7-17)6-11(14)19-3/h5-7H,4,8H2,1-3H3. The van der Waals surface area contributed by atoms with E-state index in [9.17, 15) is 4.79 Å². The van der Waals surface area contributed by atoms with E-state index >= 15 is 0 Å². The van der Waals surface area contributed by atoms with Crippen LogP contribution >= 0.6 is 0 Å². The number of aryl methyl sites for hydroxylation is 1. The van der Waals surface area contributed by atoms with Crippen LogP contribution in [0.2, 0.25) is 0 Å². The average Bonchev–Trinajstić information content (AvgIpc) is 2.99. The molecule has 7 heteroatoms. The van der Waals surface area contributed by atoms with E-state index in [2.05, 4.69) is 10.1 Å². The molecule has 0 saturated carbocycles. The molecule has 1 heterocycles. The lowest BCUT2D eigenvalue weighted by Gasteiger charge is -2.13. The second-order valence-electron chi connectivity index (χ2n) is 4.12. The van der Waals surface area contributed by atoms with Gasteiger partial charge < -0.3 is 18.7 Å². The van der Waals surface area contributed by atoms with Crippen molar-refractivity contribution in [3.63, 3.8) is 0 Å². The second kappa shape index (κ2) is 6.74.